The summed E-state index contributed by atoms with van der Waals surface area (Å²) < 4.78 is 16.6. The number of alkyl carbamates (subject to hydrolysis) is 1. The quantitative estimate of drug-likeness (QED) is 0.873. The van der Waals surface area contributed by atoms with Gasteiger partial charge in [0.15, 0.2) is 0 Å². The average Bonchev–Trinajstić information content (AvgIpc) is 2.37. The van der Waals surface area contributed by atoms with Crippen molar-refractivity contribution in [3.8, 4) is 11.5 Å². The SMILES string of the molecule is COc1ccc(CCNC(=O)OC(C)(C)C)c(OC)c1Br. The van der Waals surface area contributed by atoms with E-state index in [2.05, 4.69) is 21.2 Å². The molecule has 0 saturated heterocycles. The number of methoxy groups -OCH3 is 2. The molecule has 0 unspecified atom stereocenters. The van der Waals surface area contributed by atoms with Gasteiger partial charge in [-0.25, -0.2) is 4.79 Å². The van der Waals surface area contributed by atoms with Crippen LogP contribution in [-0.2, 0) is 11.2 Å². The number of ether oxygens (including phenoxy) is 3. The standard InChI is InChI=1S/C15H22BrNO4/c1-15(2,3)21-14(18)17-9-8-10-6-7-11(19-4)12(16)13(10)20-5/h6-7H,8-9H2,1-5H3,(H,17,18). The first kappa shape index (κ1) is 17.6. The Morgan fingerprint density at radius 3 is 2.43 bits per heavy atom. The molecule has 0 spiro atoms. The zero-order valence-corrected chi connectivity index (χ0v) is 14.7. The maximum Gasteiger partial charge on any atom is 0.407 e. The zero-order valence-electron chi connectivity index (χ0n) is 13.1. The summed E-state index contributed by atoms with van der Waals surface area (Å²) in [5.41, 5.74) is 0.478. The van der Waals surface area contributed by atoms with E-state index in [9.17, 15) is 4.79 Å². The van der Waals surface area contributed by atoms with E-state index in [0.29, 0.717) is 24.5 Å². The monoisotopic (exact) mass is 359 g/mol. The van der Waals surface area contributed by atoms with E-state index in [4.69, 9.17) is 14.2 Å². The lowest BCUT2D eigenvalue weighted by molar-refractivity contribution is 0.0528. The van der Waals surface area contributed by atoms with Crippen molar-refractivity contribution in [1.82, 2.24) is 5.32 Å². The topological polar surface area (TPSA) is 56.8 Å². The smallest absolute Gasteiger partial charge is 0.407 e. The lowest BCUT2D eigenvalue weighted by atomic mass is 10.1. The van der Waals surface area contributed by atoms with Crippen LogP contribution in [0.4, 0.5) is 4.79 Å². The molecular formula is C15H22BrNO4. The predicted octanol–water partition coefficient (Wildman–Crippen LogP) is 3.53. The van der Waals surface area contributed by atoms with Crippen molar-refractivity contribution < 1.29 is 19.0 Å². The molecule has 0 heterocycles. The van der Waals surface area contributed by atoms with Crippen molar-refractivity contribution in [2.45, 2.75) is 32.8 Å². The molecule has 0 aliphatic carbocycles. The Morgan fingerprint density at radius 2 is 1.90 bits per heavy atom. The van der Waals surface area contributed by atoms with Crippen molar-refractivity contribution in [1.29, 1.82) is 0 Å². The van der Waals surface area contributed by atoms with E-state index in [0.717, 1.165) is 10.0 Å². The van der Waals surface area contributed by atoms with Crippen molar-refractivity contribution in [2.24, 2.45) is 0 Å². The number of nitrogens with one attached hydrogen (secondary N) is 1. The molecule has 1 aromatic rings. The molecule has 1 amide bonds. The number of carbonyl (C=O) groups excluding carboxylic acids is 1. The van der Waals surface area contributed by atoms with Gasteiger partial charge >= 0.3 is 6.09 Å². The average molecular weight is 360 g/mol. The number of hydrogen-bond donors (Lipinski definition) is 1. The molecule has 1 aromatic carbocycles. The molecular weight excluding hydrogens is 338 g/mol. The Morgan fingerprint density at radius 1 is 1.24 bits per heavy atom. The molecule has 0 fully saturated rings. The van der Waals surface area contributed by atoms with Gasteiger partial charge in [0.05, 0.1) is 14.2 Å². The largest absolute Gasteiger partial charge is 0.495 e. The van der Waals surface area contributed by atoms with Gasteiger partial charge < -0.3 is 19.5 Å². The van der Waals surface area contributed by atoms with E-state index < -0.39 is 11.7 Å². The molecule has 0 atom stereocenters. The molecule has 0 radical (unpaired) electrons. The maximum atomic E-state index is 11.6. The fraction of sp³-hybridized carbons (Fsp3) is 0.533. The van der Waals surface area contributed by atoms with Crippen LogP contribution in [0.25, 0.3) is 0 Å². The van der Waals surface area contributed by atoms with E-state index in [1.807, 2.05) is 32.9 Å². The van der Waals surface area contributed by atoms with Crippen LogP contribution in [0.15, 0.2) is 16.6 Å². The second-order valence-corrected chi connectivity index (χ2v) is 6.25. The van der Waals surface area contributed by atoms with Gasteiger partial charge in [-0.3, -0.25) is 0 Å². The second kappa shape index (κ2) is 7.54. The number of amides is 1. The summed E-state index contributed by atoms with van der Waals surface area (Å²) in [5.74, 6) is 1.41. The maximum absolute atomic E-state index is 11.6. The lowest BCUT2D eigenvalue weighted by Gasteiger charge is -2.20. The number of benzene rings is 1. The summed E-state index contributed by atoms with van der Waals surface area (Å²) in [4.78, 5) is 11.6. The first-order valence-electron chi connectivity index (χ1n) is 6.64. The predicted molar refractivity (Wildman–Crippen MR) is 85.2 cm³/mol. The third kappa shape index (κ3) is 5.46. The van der Waals surface area contributed by atoms with Gasteiger partial charge in [-0.15, -0.1) is 0 Å². The van der Waals surface area contributed by atoms with Crippen LogP contribution in [0.3, 0.4) is 0 Å². The molecule has 0 aliphatic rings. The Hall–Kier alpha value is -1.43. The summed E-state index contributed by atoms with van der Waals surface area (Å²) in [6.07, 6.45) is 0.208. The molecule has 6 heteroatoms. The minimum absolute atomic E-state index is 0.422. The van der Waals surface area contributed by atoms with Crippen molar-refractivity contribution in [3.05, 3.63) is 22.2 Å². The second-order valence-electron chi connectivity index (χ2n) is 5.45. The van der Waals surface area contributed by atoms with E-state index in [-0.39, 0.29) is 0 Å². The first-order valence-corrected chi connectivity index (χ1v) is 7.44. The molecule has 0 aliphatic heterocycles. The Kier molecular flexibility index (Phi) is 6.33. The lowest BCUT2D eigenvalue weighted by Crippen LogP contribution is -2.33. The van der Waals surface area contributed by atoms with Gasteiger partial charge in [-0.2, -0.15) is 0 Å². The number of halogens is 1. The third-order valence-corrected chi connectivity index (χ3v) is 3.38. The minimum atomic E-state index is -0.495. The van der Waals surface area contributed by atoms with E-state index >= 15 is 0 Å². The summed E-state index contributed by atoms with van der Waals surface area (Å²) >= 11 is 3.45. The normalized spacial score (nSPS) is 11.0. The highest BCUT2D eigenvalue weighted by Crippen LogP contribution is 2.37. The molecule has 1 N–H and O–H groups in total. The zero-order chi connectivity index (χ0) is 16.0. The summed E-state index contributed by atoms with van der Waals surface area (Å²) in [7, 11) is 3.20. The van der Waals surface area contributed by atoms with Crippen LogP contribution in [0, 0.1) is 0 Å². The first-order chi connectivity index (χ1) is 9.78. The molecule has 0 bridgehead atoms. The van der Waals surface area contributed by atoms with Crippen LogP contribution in [0.1, 0.15) is 26.3 Å². The Balaban J connectivity index is 2.64. The van der Waals surface area contributed by atoms with Crippen LogP contribution in [0.5, 0.6) is 11.5 Å². The van der Waals surface area contributed by atoms with E-state index in [1.54, 1.807) is 14.2 Å². The van der Waals surface area contributed by atoms with Gasteiger partial charge in [0.25, 0.3) is 0 Å². The number of carbonyl (C=O) groups is 1. The molecule has 5 nitrogen and oxygen atoms in total. The molecule has 0 saturated carbocycles. The van der Waals surface area contributed by atoms with E-state index in [1.165, 1.54) is 0 Å². The number of rotatable bonds is 5. The van der Waals surface area contributed by atoms with Gasteiger partial charge in [-0.05, 0) is 54.8 Å². The van der Waals surface area contributed by atoms with Crippen LogP contribution in [0.2, 0.25) is 0 Å². The van der Waals surface area contributed by atoms with Crippen LogP contribution in [-0.4, -0.2) is 32.5 Å². The van der Waals surface area contributed by atoms with Crippen molar-refractivity contribution in [3.63, 3.8) is 0 Å². The van der Waals surface area contributed by atoms with Gasteiger partial charge in [0, 0.05) is 6.54 Å². The number of hydrogen-bond acceptors (Lipinski definition) is 4. The van der Waals surface area contributed by atoms with Crippen molar-refractivity contribution in [2.75, 3.05) is 20.8 Å². The fourth-order valence-electron chi connectivity index (χ4n) is 1.77. The Bertz CT molecular complexity index is 497. The van der Waals surface area contributed by atoms with Gasteiger partial charge in [0.1, 0.15) is 21.6 Å². The van der Waals surface area contributed by atoms with Crippen LogP contribution < -0.4 is 14.8 Å². The molecule has 1 rings (SSSR count). The molecule has 118 valence electrons. The minimum Gasteiger partial charge on any atom is -0.495 e. The fourth-order valence-corrected chi connectivity index (χ4v) is 2.48. The van der Waals surface area contributed by atoms with Gasteiger partial charge in [-0.1, -0.05) is 6.07 Å². The molecule has 0 aromatic heterocycles. The highest BCUT2D eigenvalue weighted by atomic mass is 79.9. The third-order valence-electron chi connectivity index (χ3n) is 2.63. The summed E-state index contributed by atoms with van der Waals surface area (Å²) in [5, 5.41) is 2.72. The van der Waals surface area contributed by atoms with Crippen molar-refractivity contribution >= 4 is 22.0 Å². The summed E-state index contributed by atoms with van der Waals surface area (Å²) in [6.45, 7) is 5.95. The molecule has 21 heavy (non-hydrogen) atoms. The highest BCUT2D eigenvalue weighted by molar-refractivity contribution is 9.10. The highest BCUT2D eigenvalue weighted by Gasteiger charge is 2.16. The Labute approximate surface area is 134 Å². The van der Waals surface area contributed by atoms with Crippen LogP contribution >= 0.6 is 15.9 Å². The summed E-state index contributed by atoms with van der Waals surface area (Å²) in [6, 6.07) is 3.77. The van der Waals surface area contributed by atoms with Gasteiger partial charge in [0.2, 0.25) is 0 Å².